The van der Waals surface area contributed by atoms with Crippen LogP contribution >= 0.6 is 11.6 Å². The van der Waals surface area contributed by atoms with Crippen molar-refractivity contribution in [2.75, 3.05) is 13.1 Å². The summed E-state index contributed by atoms with van der Waals surface area (Å²) in [5.74, 6) is -0.773. The zero-order valence-corrected chi connectivity index (χ0v) is 12.6. The number of hydrogen-bond donors (Lipinski definition) is 2. The molecule has 0 unspecified atom stereocenters. The molecule has 1 fully saturated rings. The number of hydrogen-bond acceptors (Lipinski definition) is 4. The Bertz CT molecular complexity index is 600. The lowest BCUT2D eigenvalue weighted by Gasteiger charge is -2.39. The van der Waals surface area contributed by atoms with E-state index >= 15 is 0 Å². The second-order valence-electron chi connectivity index (χ2n) is 5.51. The first-order valence-corrected chi connectivity index (χ1v) is 6.82. The number of aliphatic hydroxyl groups is 2. The van der Waals surface area contributed by atoms with Crippen molar-refractivity contribution >= 4 is 17.5 Å². The molecule has 2 heterocycles. The van der Waals surface area contributed by atoms with E-state index in [1.807, 2.05) is 0 Å². The van der Waals surface area contributed by atoms with Crippen LogP contribution in [0.15, 0.2) is 0 Å². The molecule has 0 radical (unpaired) electrons. The van der Waals surface area contributed by atoms with Crippen LogP contribution in [-0.4, -0.2) is 55.6 Å². The van der Waals surface area contributed by atoms with E-state index in [2.05, 4.69) is 5.10 Å². The van der Waals surface area contributed by atoms with Crippen LogP contribution in [0.25, 0.3) is 0 Å². The Hall–Kier alpha value is -1.32. The van der Waals surface area contributed by atoms with Gasteiger partial charge in [-0.3, -0.25) is 9.48 Å². The minimum atomic E-state index is -4.77. The van der Waals surface area contributed by atoms with Gasteiger partial charge in [0.2, 0.25) is 0 Å². The normalized spacial score (nSPS) is 26.4. The molecule has 2 atom stereocenters. The summed E-state index contributed by atoms with van der Waals surface area (Å²) in [4.78, 5) is 13.5. The van der Waals surface area contributed by atoms with Crippen LogP contribution in [0.3, 0.4) is 0 Å². The zero-order valence-electron chi connectivity index (χ0n) is 11.9. The van der Waals surface area contributed by atoms with E-state index in [0.29, 0.717) is 0 Å². The fourth-order valence-electron chi connectivity index (χ4n) is 2.27. The van der Waals surface area contributed by atoms with E-state index < -0.39 is 40.2 Å². The van der Waals surface area contributed by atoms with Crippen LogP contribution in [0.4, 0.5) is 13.2 Å². The van der Waals surface area contributed by atoms with Crippen LogP contribution in [0.2, 0.25) is 5.02 Å². The summed E-state index contributed by atoms with van der Waals surface area (Å²) in [6, 6.07) is 0. The quantitative estimate of drug-likeness (QED) is 0.800. The number of piperidine rings is 1. The molecule has 1 aromatic rings. The summed E-state index contributed by atoms with van der Waals surface area (Å²) in [5.41, 5.74) is -3.07. The first-order chi connectivity index (χ1) is 9.95. The molecule has 1 aliphatic rings. The SMILES string of the molecule is Cn1nc(C(F)(F)F)c(Cl)c1C(=O)N1CC[C@](C)(O)[C@@H](O)C1. The van der Waals surface area contributed by atoms with Crippen molar-refractivity contribution in [1.29, 1.82) is 0 Å². The number of nitrogens with zero attached hydrogens (tertiary/aromatic N) is 3. The molecule has 10 heteroatoms. The van der Waals surface area contributed by atoms with E-state index in [4.69, 9.17) is 11.6 Å². The summed E-state index contributed by atoms with van der Waals surface area (Å²) in [7, 11) is 1.19. The van der Waals surface area contributed by atoms with E-state index in [9.17, 15) is 28.2 Å². The number of likely N-dealkylation sites (tertiary alicyclic amines) is 1. The lowest BCUT2D eigenvalue weighted by Crippen LogP contribution is -2.55. The molecule has 0 saturated carbocycles. The number of rotatable bonds is 1. The summed E-state index contributed by atoms with van der Waals surface area (Å²) in [6.45, 7) is 1.32. The molecule has 1 aliphatic heterocycles. The van der Waals surface area contributed by atoms with Crippen molar-refractivity contribution in [2.24, 2.45) is 7.05 Å². The molecule has 124 valence electrons. The maximum absolute atomic E-state index is 12.8. The van der Waals surface area contributed by atoms with Crippen molar-refractivity contribution in [3.8, 4) is 0 Å². The molecule has 2 rings (SSSR count). The van der Waals surface area contributed by atoms with Gasteiger partial charge < -0.3 is 15.1 Å². The van der Waals surface area contributed by atoms with Crippen molar-refractivity contribution in [1.82, 2.24) is 14.7 Å². The minimum Gasteiger partial charge on any atom is -0.388 e. The van der Waals surface area contributed by atoms with Crippen LogP contribution in [0, 0.1) is 0 Å². The Morgan fingerprint density at radius 2 is 2.09 bits per heavy atom. The molecule has 6 nitrogen and oxygen atoms in total. The number of aromatic nitrogens is 2. The van der Waals surface area contributed by atoms with Crippen molar-refractivity contribution in [3.63, 3.8) is 0 Å². The molecule has 22 heavy (non-hydrogen) atoms. The van der Waals surface area contributed by atoms with Gasteiger partial charge in [0.1, 0.15) is 10.7 Å². The van der Waals surface area contributed by atoms with Gasteiger partial charge in [-0.2, -0.15) is 18.3 Å². The van der Waals surface area contributed by atoms with Gasteiger partial charge in [-0.1, -0.05) is 11.6 Å². The second-order valence-corrected chi connectivity index (χ2v) is 5.88. The largest absolute Gasteiger partial charge is 0.436 e. The number of alkyl halides is 3. The van der Waals surface area contributed by atoms with Crippen LogP contribution in [0.1, 0.15) is 29.5 Å². The Morgan fingerprint density at radius 1 is 1.50 bits per heavy atom. The van der Waals surface area contributed by atoms with Gasteiger partial charge in [-0.05, 0) is 13.3 Å². The van der Waals surface area contributed by atoms with Crippen molar-refractivity contribution in [2.45, 2.75) is 31.2 Å². The first-order valence-electron chi connectivity index (χ1n) is 6.44. The third-order valence-electron chi connectivity index (χ3n) is 3.75. The fourth-order valence-corrected chi connectivity index (χ4v) is 2.62. The molecular weight excluding hydrogens is 327 g/mol. The van der Waals surface area contributed by atoms with Gasteiger partial charge in [0, 0.05) is 20.1 Å². The highest BCUT2D eigenvalue weighted by atomic mass is 35.5. The smallest absolute Gasteiger partial charge is 0.388 e. The monoisotopic (exact) mass is 341 g/mol. The molecule has 1 amide bonds. The third kappa shape index (κ3) is 2.92. The standard InChI is InChI=1S/C12H15ClF3N3O3/c1-11(22)3-4-19(5-6(11)20)10(21)8-7(13)9(12(14,15)16)17-18(8)2/h6,20,22H,3-5H2,1-2H3/t6-,11-/m0/s1. The Morgan fingerprint density at radius 3 is 2.55 bits per heavy atom. The molecular formula is C12H15ClF3N3O3. The van der Waals surface area contributed by atoms with E-state index in [1.54, 1.807) is 0 Å². The third-order valence-corrected chi connectivity index (χ3v) is 4.10. The Labute approximate surface area is 129 Å². The topological polar surface area (TPSA) is 78.6 Å². The van der Waals surface area contributed by atoms with Gasteiger partial charge >= 0.3 is 6.18 Å². The predicted molar refractivity (Wildman–Crippen MR) is 70.4 cm³/mol. The first kappa shape index (κ1) is 17.0. The zero-order chi connectivity index (χ0) is 16.9. The van der Waals surface area contributed by atoms with E-state index in [0.717, 1.165) is 9.58 Å². The van der Waals surface area contributed by atoms with Gasteiger partial charge in [0.05, 0.1) is 11.7 Å². The summed E-state index contributed by atoms with van der Waals surface area (Å²) in [6.07, 6.45) is -5.86. The molecule has 0 bridgehead atoms. The number of amides is 1. The molecule has 0 aromatic carbocycles. The number of carbonyl (C=O) groups excluding carboxylic acids is 1. The van der Waals surface area contributed by atoms with Crippen LogP contribution < -0.4 is 0 Å². The van der Waals surface area contributed by atoms with Crippen LogP contribution in [-0.2, 0) is 13.2 Å². The summed E-state index contributed by atoms with van der Waals surface area (Å²) < 4.78 is 39.0. The van der Waals surface area contributed by atoms with Crippen molar-refractivity contribution in [3.05, 3.63) is 16.4 Å². The van der Waals surface area contributed by atoms with Gasteiger partial charge in [0.25, 0.3) is 5.91 Å². The maximum atomic E-state index is 12.8. The minimum absolute atomic E-state index is 0.0890. The summed E-state index contributed by atoms with van der Waals surface area (Å²) in [5, 5.41) is 22.1. The van der Waals surface area contributed by atoms with E-state index in [1.165, 1.54) is 14.0 Å². The lowest BCUT2D eigenvalue weighted by atomic mass is 9.90. The Kier molecular flexibility index (Phi) is 4.18. The molecule has 2 N–H and O–H groups in total. The average molecular weight is 342 g/mol. The van der Waals surface area contributed by atoms with E-state index in [-0.39, 0.29) is 19.5 Å². The highest BCUT2D eigenvalue weighted by Crippen LogP contribution is 2.36. The van der Waals surface area contributed by atoms with Crippen LogP contribution in [0.5, 0.6) is 0 Å². The molecule has 0 aliphatic carbocycles. The number of aryl methyl sites for hydroxylation is 1. The number of carbonyl (C=O) groups is 1. The number of halogens is 4. The maximum Gasteiger partial charge on any atom is 0.436 e. The summed E-state index contributed by atoms with van der Waals surface area (Å²) >= 11 is 5.66. The molecule has 1 saturated heterocycles. The molecule has 1 aromatic heterocycles. The second kappa shape index (κ2) is 5.39. The average Bonchev–Trinajstić information content (AvgIpc) is 2.67. The molecule has 0 spiro atoms. The number of aliphatic hydroxyl groups excluding tert-OH is 1. The van der Waals surface area contributed by atoms with Crippen molar-refractivity contribution < 1.29 is 28.2 Å². The van der Waals surface area contributed by atoms with Gasteiger partial charge in [-0.25, -0.2) is 0 Å². The van der Waals surface area contributed by atoms with Gasteiger partial charge in [0.15, 0.2) is 5.69 Å². The fraction of sp³-hybridized carbons (Fsp3) is 0.667. The lowest BCUT2D eigenvalue weighted by molar-refractivity contribution is -0.141. The van der Waals surface area contributed by atoms with Gasteiger partial charge in [-0.15, -0.1) is 0 Å². The highest BCUT2D eigenvalue weighted by Gasteiger charge is 2.42. The number of β-amino-alcohol motifs (C(OH)–C–C–N with tert-alkyl or cyclic N) is 1. The highest BCUT2D eigenvalue weighted by molar-refractivity contribution is 6.34. The predicted octanol–water partition coefficient (Wildman–Crippen LogP) is 1.05. The Balaban J connectivity index is 2.30.